The lowest BCUT2D eigenvalue weighted by Gasteiger charge is -2.09. The second-order valence-electron chi connectivity index (χ2n) is 8.43. The number of para-hydroxylation sites is 1. The number of ether oxygens (including phenoxy) is 2. The van der Waals surface area contributed by atoms with Crippen molar-refractivity contribution in [3.63, 3.8) is 0 Å². The summed E-state index contributed by atoms with van der Waals surface area (Å²) in [5.74, 6) is 0.358. The summed E-state index contributed by atoms with van der Waals surface area (Å²) in [6.07, 6.45) is 5.14. The molecule has 4 rings (SSSR count). The maximum Gasteiger partial charge on any atom is 0.244 e. The van der Waals surface area contributed by atoms with E-state index >= 15 is 0 Å². The van der Waals surface area contributed by atoms with Gasteiger partial charge in [-0.1, -0.05) is 12.1 Å². The van der Waals surface area contributed by atoms with Crippen LogP contribution in [-0.4, -0.2) is 37.1 Å². The molecule has 1 unspecified atom stereocenters. The summed E-state index contributed by atoms with van der Waals surface area (Å²) < 4.78 is 36.6. The minimum Gasteiger partial charge on any atom is -0.612 e. The van der Waals surface area contributed by atoms with Gasteiger partial charge in [-0.15, -0.1) is 0 Å². The summed E-state index contributed by atoms with van der Waals surface area (Å²) in [6.45, 7) is 1.92. The van der Waals surface area contributed by atoms with Crippen LogP contribution in [0.15, 0.2) is 76.2 Å². The van der Waals surface area contributed by atoms with Gasteiger partial charge in [0.15, 0.2) is 16.4 Å². The molecule has 0 saturated heterocycles. The number of hydrogen-bond donors (Lipinski definition) is 1. The summed E-state index contributed by atoms with van der Waals surface area (Å²) in [4.78, 5) is 13.6. The average Bonchev–Trinajstić information content (AvgIpc) is 3.13. The third kappa shape index (κ3) is 5.76. The maximum absolute atomic E-state index is 14.2. The summed E-state index contributed by atoms with van der Waals surface area (Å²) in [6, 6.07) is 17.4. The van der Waals surface area contributed by atoms with Crippen LogP contribution in [0.25, 0.3) is 17.2 Å². The Morgan fingerprint density at radius 2 is 1.84 bits per heavy atom. The molecule has 3 aromatic carbocycles. The number of hydrogen-bond acceptors (Lipinski definition) is 5. The highest BCUT2D eigenvalue weighted by molar-refractivity contribution is 7.90. The zero-order valence-electron chi connectivity index (χ0n) is 21.0. The number of amides is 1. The van der Waals surface area contributed by atoms with E-state index in [1.807, 2.05) is 37.3 Å². The Hall–Kier alpha value is -3.88. The van der Waals surface area contributed by atoms with E-state index in [1.165, 1.54) is 25.5 Å². The molecular formula is C29H27FN2O4S. The second kappa shape index (κ2) is 11.5. The highest BCUT2D eigenvalue weighted by Crippen LogP contribution is 2.43. The van der Waals surface area contributed by atoms with Crippen LogP contribution in [0.5, 0.6) is 11.5 Å². The van der Waals surface area contributed by atoms with Crippen LogP contribution < -0.4 is 14.9 Å². The second-order valence-corrected chi connectivity index (χ2v) is 9.81. The molecule has 3 aromatic rings. The lowest BCUT2D eigenvalue weighted by Crippen LogP contribution is -2.17. The molecule has 0 aromatic heterocycles. The van der Waals surface area contributed by atoms with Gasteiger partial charge in [0, 0.05) is 5.56 Å². The normalized spacial score (nSPS) is 14.7. The van der Waals surface area contributed by atoms with Crippen LogP contribution in [0.1, 0.15) is 35.6 Å². The van der Waals surface area contributed by atoms with Crippen molar-refractivity contribution in [1.82, 2.24) is 5.43 Å². The molecule has 6 nitrogen and oxygen atoms in total. The zero-order chi connectivity index (χ0) is 26.5. The molecule has 190 valence electrons. The van der Waals surface area contributed by atoms with E-state index in [4.69, 9.17) is 9.47 Å². The van der Waals surface area contributed by atoms with Gasteiger partial charge in [0.05, 0.1) is 26.9 Å². The molecule has 1 aliphatic rings. The molecule has 1 aliphatic carbocycles. The lowest BCUT2D eigenvalue weighted by atomic mass is 10.0. The molecule has 0 saturated carbocycles. The van der Waals surface area contributed by atoms with Crippen LogP contribution >= 0.6 is 0 Å². The van der Waals surface area contributed by atoms with Crippen LogP contribution in [0.4, 0.5) is 4.39 Å². The Balaban J connectivity index is 1.58. The highest BCUT2D eigenvalue weighted by atomic mass is 32.2. The van der Waals surface area contributed by atoms with E-state index in [9.17, 15) is 13.7 Å². The first-order chi connectivity index (χ1) is 17.8. The number of carbonyl (C=O) groups excluding carboxylic acids is 1. The van der Waals surface area contributed by atoms with Crippen LogP contribution in [0, 0.1) is 5.82 Å². The largest absolute Gasteiger partial charge is 0.612 e. The maximum atomic E-state index is 14.2. The third-order valence-electron chi connectivity index (χ3n) is 6.14. The molecule has 0 aliphatic heterocycles. The van der Waals surface area contributed by atoms with E-state index in [0.717, 1.165) is 32.7 Å². The van der Waals surface area contributed by atoms with Gasteiger partial charge in [0.1, 0.15) is 12.1 Å². The van der Waals surface area contributed by atoms with Crippen LogP contribution in [0.3, 0.4) is 0 Å². The quantitative estimate of drug-likeness (QED) is 0.244. The van der Waals surface area contributed by atoms with E-state index in [1.54, 1.807) is 37.6 Å². The summed E-state index contributed by atoms with van der Waals surface area (Å²) >= 11 is -1.06. The zero-order valence-corrected chi connectivity index (χ0v) is 21.8. The van der Waals surface area contributed by atoms with Gasteiger partial charge in [0.25, 0.3) is 0 Å². The highest BCUT2D eigenvalue weighted by Gasteiger charge is 2.25. The van der Waals surface area contributed by atoms with Gasteiger partial charge >= 0.3 is 0 Å². The topological polar surface area (TPSA) is 83.0 Å². The minimum atomic E-state index is -1.06. The predicted molar refractivity (Wildman–Crippen MR) is 146 cm³/mol. The molecule has 1 amide bonds. The van der Waals surface area contributed by atoms with E-state index in [-0.39, 0.29) is 18.1 Å². The number of nitrogens with zero attached hydrogens (tertiary/aromatic N) is 1. The standard InChI is InChI=1S/C29H27FN2O4S/c1-18-24(14-19-8-11-22(12-9-19)37(4)34)23-13-10-21(30)15-26(23)25(18)16-28(33)32-31-17-20-6-5-7-27(35-2)29(20)36-3/h5-15,17H,16H2,1-4H3,(H,32,33)/b24-14-,31-17+. The molecule has 1 atom stereocenters. The van der Waals surface area contributed by atoms with Crippen molar-refractivity contribution in [2.75, 3.05) is 20.5 Å². The van der Waals surface area contributed by atoms with Crippen molar-refractivity contribution in [1.29, 1.82) is 0 Å². The van der Waals surface area contributed by atoms with Crippen molar-refractivity contribution in [2.45, 2.75) is 18.2 Å². The Kier molecular flexibility index (Phi) is 8.11. The van der Waals surface area contributed by atoms with E-state index in [0.29, 0.717) is 22.6 Å². The monoisotopic (exact) mass is 518 g/mol. The minimum absolute atomic E-state index is 0.0277. The Bertz CT molecular complexity index is 1410. The van der Waals surface area contributed by atoms with Crippen LogP contribution in [0.2, 0.25) is 0 Å². The molecule has 0 radical (unpaired) electrons. The van der Waals surface area contributed by atoms with Crippen molar-refractivity contribution in [3.8, 4) is 11.5 Å². The SMILES string of the molecule is COc1cccc(/C=N/NC(=O)CC2=C(C)/C(=C/c3ccc([S+](C)[O-])cc3)c3ccc(F)cc32)c1OC. The number of rotatable bonds is 8. The van der Waals surface area contributed by atoms with E-state index in [2.05, 4.69) is 10.5 Å². The van der Waals surface area contributed by atoms with Crippen molar-refractivity contribution >= 4 is 40.5 Å². The number of benzene rings is 3. The van der Waals surface area contributed by atoms with Crippen LogP contribution in [-0.2, 0) is 16.0 Å². The Morgan fingerprint density at radius 3 is 2.51 bits per heavy atom. The number of nitrogens with one attached hydrogen (secondary N) is 1. The predicted octanol–water partition coefficient (Wildman–Crippen LogP) is 5.45. The summed E-state index contributed by atoms with van der Waals surface area (Å²) in [7, 11) is 3.08. The molecule has 0 heterocycles. The first-order valence-electron chi connectivity index (χ1n) is 11.5. The van der Waals surface area contributed by atoms with Crippen molar-refractivity contribution in [2.24, 2.45) is 5.10 Å². The number of fused-ring (bicyclic) bond motifs is 1. The first-order valence-corrected chi connectivity index (χ1v) is 13.1. The van der Waals surface area contributed by atoms with Crippen molar-refractivity contribution in [3.05, 3.63) is 94.3 Å². The Labute approximate surface area is 218 Å². The first kappa shape index (κ1) is 26.2. The summed E-state index contributed by atoms with van der Waals surface area (Å²) in [5, 5.41) is 4.08. The van der Waals surface area contributed by atoms with Gasteiger partial charge in [-0.25, -0.2) is 9.82 Å². The van der Waals surface area contributed by atoms with Gasteiger partial charge in [-0.05, 0) is 106 Å². The number of halogens is 1. The molecule has 8 heteroatoms. The number of carbonyl (C=O) groups is 1. The number of hydrazone groups is 1. The van der Waals surface area contributed by atoms with Crippen molar-refractivity contribution < 1.29 is 23.2 Å². The molecule has 0 bridgehead atoms. The molecule has 1 N–H and O–H groups in total. The fraction of sp³-hybridized carbons (Fsp3) is 0.172. The molecular weight excluding hydrogens is 491 g/mol. The smallest absolute Gasteiger partial charge is 0.244 e. The molecule has 0 spiro atoms. The van der Waals surface area contributed by atoms with Gasteiger partial charge in [-0.3, -0.25) is 4.79 Å². The fourth-order valence-corrected chi connectivity index (χ4v) is 4.81. The fourth-order valence-electron chi connectivity index (χ4n) is 4.29. The van der Waals surface area contributed by atoms with Gasteiger partial charge in [-0.2, -0.15) is 5.10 Å². The van der Waals surface area contributed by atoms with E-state index < -0.39 is 11.2 Å². The number of methoxy groups -OCH3 is 2. The van der Waals surface area contributed by atoms with Gasteiger partial charge in [0.2, 0.25) is 5.91 Å². The summed E-state index contributed by atoms with van der Waals surface area (Å²) in [5.41, 5.74) is 8.19. The molecule has 0 fully saturated rings. The number of allylic oxidation sites excluding steroid dienone is 2. The average molecular weight is 519 g/mol. The molecule has 37 heavy (non-hydrogen) atoms. The lowest BCUT2D eigenvalue weighted by molar-refractivity contribution is -0.120. The van der Waals surface area contributed by atoms with Gasteiger partial charge < -0.3 is 14.0 Å². The third-order valence-corrected chi connectivity index (χ3v) is 7.08. The Morgan fingerprint density at radius 1 is 1.08 bits per heavy atom.